The lowest BCUT2D eigenvalue weighted by atomic mass is 10.4. The minimum Gasteiger partial charge on any atom is -0.392 e. The fraction of sp³-hybridized carbons (Fsp3) is 0.667. The molecular formula is C6H12N2OS. The number of thiocarbonyl (C=S) groups is 1. The van der Waals surface area contributed by atoms with Crippen molar-refractivity contribution in [3.05, 3.63) is 0 Å². The van der Waals surface area contributed by atoms with Crippen molar-refractivity contribution >= 4 is 23.1 Å². The number of hydrogen-bond donors (Lipinski definition) is 1. The van der Waals surface area contributed by atoms with E-state index in [9.17, 15) is 4.79 Å². The summed E-state index contributed by atoms with van der Waals surface area (Å²) in [5.74, 6) is 0.00954. The molecule has 0 aliphatic heterocycles. The van der Waals surface area contributed by atoms with Crippen molar-refractivity contribution < 1.29 is 4.79 Å². The molecule has 0 aliphatic carbocycles. The zero-order chi connectivity index (χ0) is 8.15. The van der Waals surface area contributed by atoms with Crippen molar-refractivity contribution in [3.63, 3.8) is 0 Å². The molecule has 0 aromatic carbocycles. The van der Waals surface area contributed by atoms with E-state index in [0.717, 1.165) is 0 Å². The highest BCUT2D eigenvalue weighted by Gasteiger charge is 2.05. The molecule has 0 spiro atoms. The minimum atomic E-state index is 0.00954. The van der Waals surface area contributed by atoms with Crippen LogP contribution in [0.1, 0.15) is 13.8 Å². The summed E-state index contributed by atoms with van der Waals surface area (Å²) < 4.78 is 0. The Kier molecular flexibility index (Phi) is 3.95. The third-order valence-corrected chi connectivity index (χ3v) is 1.30. The van der Waals surface area contributed by atoms with E-state index in [-0.39, 0.29) is 5.91 Å². The summed E-state index contributed by atoms with van der Waals surface area (Å²) in [5, 5.41) is 0. The Hall–Kier alpha value is -0.640. The van der Waals surface area contributed by atoms with Gasteiger partial charge in [0.15, 0.2) is 0 Å². The Morgan fingerprint density at radius 3 is 2.30 bits per heavy atom. The van der Waals surface area contributed by atoms with Crippen LogP contribution in [0, 0.1) is 0 Å². The standard InChI is InChI=1S/C6H12N2OS/c1-3-8(5(2)9)4-6(7)10/h3-4H2,1-2H3,(H2,7,10). The van der Waals surface area contributed by atoms with Gasteiger partial charge in [-0.3, -0.25) is 4.79 Å². The number of carbonyl (C=O) groups excluding carboxylic acids is 1. The summed E-state index contributed by atoms with van der Waals surface area (Å²) in [4.78, 5) is 12.7. The molecule has 0 heterocycles. The van der Waals surface area contributed by atoms with Crippen LogP contribution in [0.2, 0.25) is 0 Å². The number of carbonyl (C=O) groups is 1. The molecule has 0 aromatic heterocycles. The van der Waals surface area contributed by atoms with Crippen LogP contribution in [-0.4, -0.2) is 28.9 Å². The third kappa shape index (κ3) is 3.40. The number of rotatable bonds is 3. The molecule has 0 radical (unpaired) electrons. The van der Waals surface area contributed by atoms with Gasteiger partial charge in [0.05, 0.1) is 11.5 Å². The minimum absolute atomic E-state index is 0.00954. The molecule has 0 saturated carbocycles. The number of nitrogens with zero attached hydrogens (tertiary/aromatic N) is 1. The van der Waals surface area contributed by atoms with Crippen molar-refractivity contribution in [2.75, 3.05) is 13.1 Å². The van der Waals surface area contributed by atoms with Crippen LogP contribution in [0.4, 0.5) is 0 Å². The average Bonchev–Trinajstić information content (AvgIpc) is 1.81. The van der Waals surface area contributed by atoms with E-state index < -0.39 is 0 Å². The topological polar surface area (TPSA) is 46.3 Å². The quantitative estimate of drug-likeness (QED) is 0.597. The Morgan fingerprint density at radius 2 is 2.20 bits per heavy atom. The summed E-state index contributed by atoms with van der Waals surface area (Å²) >= 11 is 4.64. The molecule has 0 bridgehead atoms. The van der Waals surface area contributed by atoms with Gasteiger partial charge in [0.25, 0.3) is 0 Å². The summed E-state index contributed by atoms with van der Waals surface area (Å²) in [7, 11) is 0. The number of amides is 1. The van der Waals surface area contributed by atoms with E-state index >= 15 is 0 Å². The molecule has 0 saturated heterocycles. The van der Waals surface area contributed by atoms with E-state index in [0.29, 0.717) is 18.1 Å². The van der Waals surface area contributed by atoms with Gasteiger partial charge in [0, 0.05) is 13.5 Å². The Morgan fingerprint density at radius 1 is 1.70 bits per heavy atom. The normalized spacial score (nSPS) is 9.00. The molecule has 0 rings (SSSR count). The number of hydrogen-bond acceptors (Lipinski definition) is 2. The molecule has 0 atom stereocenters. The summed E-state index contributed by atoms with van der Waals surface area (Å²) in [6.07, 6.45) is 0. The average molecular weight is 160 g/mol. The molecule has 3 nitrogen and oxygen atoms in total. The van der Waals surface area contributed by atoms with Gasteiger partial charge in [-0.25, -0.2) is 0 Å². The van der Waals surface area contributed by atoms with Gasteiger partial charge >= 0.3 is 0 Å². The second-order valence-electron chi connectivity index (χ2n) is 2.00. The maximum atomic E-state index is 10.7. The monoisotopic (exact) mass is 160 g/mol. The smallest absolute Gasteiger partial charge is 0.219 e. The van der Waals surface area contributed by atoms with Gasteiger partial charge in [0.2, 0.25) is 5.91 Å². The fourth-order valence-corrected chi connectivity index (χ4v) is 0.790. The maximum Gasteiger partial charge on any atom is 0.219 e. The van der Waals surface area contributed by atoms with Crippen molar-refractivity contribution in [1.29, 1.82) is 0 Å². The first-order chi connectivity index (χ1) is 4.57. The highest BCUT2D eigenvalue weighted by molar-refractivity contribution is 7.80. The SMILES string of the molecule is CCN(CC(N)=S)C(C)=O. The van der Waals surface area contributed by atoms with E-state index in [1.165, 1.54) is 6.92 Å². The number of likely N-dealkylation sites (N-methyl/N-ethyl adjacent to an activating group) is 1. The Labute approximate surface area is 66.2 Å². The van der Waals surface area contributed by atoms with Crippen LogP contribution in [0.15, 0.2) is 0 Å². The van der Waals surface area contributed by atoms with E-state index in [2.05, 4.69) is 12.2 Å². The van der Waals surface area contributed by atoms with Crippen LogP contribution < -0.4 is 5.73 Å². The molecule has 1 amide bonds. The molecule has 2 N–H and O–H groups in total. The third-order valence-electron chi connectivity index (χ3n) is 1.17. The van der Waals surface area contributed by atoms with Gasteiger partial charge in [-0.05, 0) is 6.92 Å². The lowest BCUT2D eigenvalue weighted by Crippen LogP contribution is -2.35. The second-order valence-corrected chi connectivity index (χ2v) is 2.52. The number of nitrogens with two attached hydrogens (primary N) is 1. The van der Waals surface area contributed by atoms with Crippen LogP contribution in [-0.2, 0) is 4.79 Å². The molecule has 0 aliphatic rings. The first kappa shape index (κ1) is 9.36. The predicted molar refractivity (Wildman–Crippen MR) is 44.7 cm³/mol. The zero-order valence-electron chi connectivity index (χ0n) is 6.26. The molecule has 0 fully saturated rings. The zero-order valence-corrected chi connectivity index (χ0v) is 7.07. The van der Waals surface area contributed by atoms with Crippen LogP contribution in [0.25, 0.3) is 0 Å². The van der Waals surface area contributed by atoms with Gasteiger partial charge in [-0.1, -0.05) is 12.2 Å². The maximum absolute atomic E-state index is 10.7. The van der Waals surface area contributed by atoms with Crippen molar-refractivity contribution in [1.82, 2.24) is 4.90 Å². The first-order valence-corrected chi connectivity index (χ1v) is 3.52. The highest BCUT2D eigenvalue weighted by atomic mass is 32.1. The summed E-state index contributed by atoms with van der Waals surface area (Å²) in [5.41, 5.74) is 5.24. The predicted octanol–water partition coefficient (Wildman–Crippen LogP) is 0.141. The highest BCUT2D eigenvalue weighted by Crippen LogP contribution is 1.87. The van der Waals surface area contributed by atoms with Crippen molar-refractivity contribution in [2.24, 2.45) is 5.73 Å². The molecule has 0 aromatic rings. The lowest BCUT2D eigenvalue weighted by molar-refractivity contribution is -0.127. The summed E-state index contributed by atoms with van der Waals surface area (Å²) in [6, 6.07) is 0. The van der Waals surface area contributed by atoms with Gasteiger partial charge in [-0.2, -0.15) is 0 Å². The van der Waals surface area contributed by atoms with Crippen molar-refractivity contribution in [2.45, 2.75) is 13.8 Å². The fourth-order valence-electron chi connectivity index (χ4n) is 0.634. The molecule has 10 heavy (non-hydrogen) atoms. The molecule has 0 unspecified atom stereocenters. The van der Waals surface area contributed by atoms with E-state index in [4.69, 9.17) is 5.73 Å². The van der Waals surface area contributed by atoms with Crippen LogP contribution in [0.5, 0.6) is 0 Å². The second kappa shape index (κ2) is 4.22. The Bertz CT molecular complexity index is 147. The van der Waals surface area contributed by atoms with Crippen LogP contribution >= 0.6 is 12.2 Å². The van der Waals surface area contributed by atoms with Gasteiger partial charge in [-0.15, -0.1) is 0 Å². The first-order valence-electron chi connectivity index (χ1n) is 3.11. The molecule has 4 heteroatoms. The largest absolute Gasteiger partial charge is 0.392 e. The van der Waals surface area contributed by atoms with Crippen LogP contribution in [0.3, 0.4) is 0 Å². The van der Waals surface area contributed by atoms with Crippen molar-refractivity contribution in [3.8, 4) is 0 Å². The van der Waals surface area contributed by atoms with E-state index in [1.54, 1.807) is 4.90 Å². The van der Waals surface area contributed by atoms with E-state index in [1.807, 2.05) is 6.92 Å². The molecular weight excluding hydrogens is 148 g/mol. The van der Waals surface area contributed by atoms with Gasteiger partial charge in [0.1, 0.15) is 0 Å². The summed E-state index contributed by atoms with van der Waals surface area (Å²) in [6.45, 7) is 4.44. The lowest BCUT2D eigenvalue weighted by Gasteiger charge is -2.17. The van der Waals surface area contributed by atoms with Gasteiger partial charge < -0.3 is 10.6 Å². The molecule has 58 valence electrons. The Balaban J connectivity index is 3.83.